The fourth-order valence-electron chi connectivity index (χ4n) is 1.96. The number of ether oxygens (including phenoxy) is 2. The van der Waals surface area contributed by atoms with Gasteiger partial charge in [-0.3, -0.25) is 9.59 Å². The third-order valence-electron chi connectivity index (χ3n) is 3.22. The van der Waals surface area contributed by atoms with Crippen molar-refractivity contribution in [1.82, 2.24) is 0 Å². The van der Waals surface area contributed by atoms with E-state index in [4.69, 9.17) is 15.2 Å². The highest BCUT2D eigenvalue weighted by atomic mass is 16.5. The molecule has 24 heavy (non-hydrogen) atoms. The van der Waals surface area contributed by atoms with E-state index >= 15 is 0 Å². The molecule has 0 aromatic heterocycles. The molecule has 0 radical (unpaired) electrons. The minimum atomic E-state index is -0.545. The number of hydrogen-bond acceptors (Lipinski definition) is 4. The molecule has 0 unspecified atom stereocenters. The van der Waals surface area contributed by atoms with Crippen LogP contribution >= 0.6 is 0 Å². The van der Waals surface area contributed by atoms with E-state index in [0.29, 0.717) is 17.2 Å². The maximum atomic E-state index is 11.9. The van der Waals surface area contributed by atoms with Crippen molar-refractivity contribution in [3.05, 3.63) is 54.1 Å². The van der Waals surface area contributed by atoms with Crippen molar-refractivity contribution in [2.45, 2.75) is 13.3 Å². The quantitative estimate of drug-likeness (QED) is 0.776. The van der Waals surface area contributed by atoms with Crippen LogP contribution in [0.3, 0.4) is 0 Å². The Kier molecular flexibility index (Phi) is 6.19. The van der Waals surface area contributed by atoms with Crippen molar-refractivity contribution in [2.75, 3.05) is 18.5 Å². The third kappa shape index (κ3) is 5.64. The number of nitrogens with one attached hydrogen (secondary N) is 1. The number of anilines is 1. The number of carbonyl (C=O) groups is 2. The molecule has 3 N–H and O–H groups in total. The second-order valence-corrected chi connectivity index (χ2v) is 5.11. The number of carbonyl (C=O) groups excluding carboxylic acids is 2. The number of rotatable bonds is 8. The van der Waals surface area contributed by atoms with Crippen molar-refractivity contribution < 1.29 is 19.1 Å². The van der Waals surface area contributed by atoms with Gasteiger partial charge in [0, 0.05) is 5.69 Å². The highest BCUT2D eigenvalue weighted by molar-refractivity contribution is 5.91. The lowest BCUT2D eigenvalue weighted by molar-refractivity contribution is -0.120. The summed E-state index contributed by atoms with van der Waals surface area (Å²) in [5.74, 6) is 0.341. The monoisotopic (exact) mass is 328 g/mol. The smallest absolute Gasteiger partial charge is 0.262 e. The van der Waals surface area contributed by atoms with Crippen LogP contribution in [-0.2, 0) is 16.0 Å². The zero-order valence-electron chi connectivity index (χ0n) is 13.5. The molecule has 0 fully saturated rings. The molecule has 0 saturated carbocycles. The van der Waals surface area contributed by atoms with Crippen molar-refractivity contribution in [3.8, 4) is 11.5 Å². The Bertz CT molecular complexity index is 681. The zero-order chi connectivity index (χ0) is 17.4. The Morgan fingerprint density at radius 1 is 0.917 bits per heavy atom. The average molecular weight is 328 g/mol. The van der Waals surface area contributed by atoms with Crippen LogP contribution in [-0.4, -0.2) is 25.0 Å². The molecule has 2 aromatic carbocycles. The molecule has 2 rings (SSSR count). The zero-order valence-corrected chi connectivity index (χ0v) is 13.5. The number of amides is 2. The summed E-state index contributed by atoms with van der Waals surface area (Å²) in [5, 5.41) is 2.72. The van der Waals surface area contributed by atoms with Gasteiger partial charge in [-0.2, -0.15) is 0 Å². The maximum Gasteiger partial charge on any atom is 0.262 e. The number of aryl methyl sites for hydroxylation is 1. The first-order valence-corrected chi connectivity index (χ1v) is 7.59. The second-order valence-electron chi connectivity index (χ2n) is 5.11. The first-order chi connectivity index (χ1) is 11.6. The summed E-state index contributed by atoms with van der Waals surface area (Å²) in [6.07, 6.45) is 0.958. The van der Waals surface area contributed by atoms with E-state index in [9.17, 15) is 9.59 Å². The molecule has 2 amide bonds. The molecule has 0 aliphatic rings. The fraction of sp³-hybridized carbons (Fsp3) is 0.222. The van der Waals surface area contributed by atoms with Crippen molar-refractivity contribution >= 4 is 17.5 Å². The molecule has 0 heterocycles. The van der Waals surface area contributed by atoms with Gasteiger partial charge < -0.3 is 20.5 Å². The average Bonchev–Trinajstić information content (AvgIpc) is 2.60. The van der Waals surface area contributed by atoms with Gasteiger partial charge in [-0.05, 0) is 48.4 Å². The van der Waals surface area contributed by atoms with Gasteiger partial charge in [0.15, 0.2) is 13.2 Å². The Hall–Kier alpha value is -3.02. The SMILES string of the molecule is CCc1ccc(OCC(=O)Nc2ccc(OCC(N)=O)cc2)cc1. The van der Waals surface area contributed by atoms with Crippen molar-refractivity contribution in [3.63, 3.8) is 0 Å². The van der Waals surface area contributed by atoms with E-state index < -0.39 is 5.91 Å². The van der Waals surface area contributed by atoms with Crippen LogP contribution in [0.2, 0.25) is 0 Å². The Morgan fingerprint density at radius 3 is 2.00 bits per heavy atom. The van der Waals surface area contributed by atoms with Gasteiger partial charge in [0.05, 0.1) is 0 Å². The van der Waals surface area contributed by atoms with Crippen LogP contribution in [0.4, 0.5) is 5.69 Å². The summed E-state index contributed by atoms with van der Waals surface area (Å²) in [4.78, 5) is 22.5. The van der Waals surface area contributed by atoms with Gasteiger partial charge in [-0.25, -0.2) is 0 Å². The summed E-state index contributed by atoms with van der Waals surface area (Å²) < 4.78 is 10.6. The molecular formula is C18H20N2O4. The predicted molar refractivity (Wildman–Crippen MR) is 91.1 cm³/mol. The Morgan fingerprint density at radius 2 is 1.46 bits per heavy atom. The predicted octanol–water partition coefficient (Wildman–Crippen LogP) is 2.13. The summed E-state index contributed by atoms with van der Waals surface area (Å²) in [5.41, 5.74) is 6.82. The van der Waals surface area contributed by atoms with Crippen LogP contribution in [0.25, 0.3) is 0 Å². The van der Waals surface area contributed by atoms with E-state index in [1.165, 1.54) is 5.56 Å². The van der Waals surface area contributed by atoms with Crippen molar-refractivity contribution in [2.24, 2.45) is 5.73 Å². The maximum absolute atomic E-state index is 11.9. The highest BCUT2D eigenvalue weighted by Crippen LogP contribution is 2.16. The van der Waals surface area contributed by atoms with E-state index in [0.717, 1.165) is 6.42 Å². The fourth-order valence-corrected chi connectivity index (χ4v) is 1.96. The topological polar surface area (TPSA) is 90.7 Å². The summed E-state index contributed by atoms with van der Waals surface area (Å²) in [6, 6.07) is 14.3. The van der Waals surface area contributed by atoms with Crippen LogP contribution in [0.5, 0.6) is 11.5 Å². The lowest BCUT2D eigenvalue weighted by atomic mass is 10.2. The lowest BCUT2D eigenvalue weighted by Crippen LogP contribution is -2.20. The van der Waals surface area contributed by atoms with E-state index in [2.05, 4.69) is 12.2 Å². The summed E-state index contributed by atoms with van der Waals surface area (Å²) in [7, 11) is 0. The van der Waals surface area contributed by atoms with Gasteiger partial charge in [-0.1, -0.05) is 19.1 Å². The van der Waals surface area contributed by atoms with Crippen LogP contribution < -0.4 is 20.5 Å². The first-order valence-electron chi connectivity index (χ1n) is 7.59. The highest BCUT2D eigenvalue weighted by Gasteiger charge is 2.05. The first kappa shape index (κ1) is 17.3. The molecule has 126 valence electrons. The number of hydrogen-bond donors (Lipinski definition) is 2. The Balaban J connectivity index is 1.79. The second kappa shape index (κ2) is 8.57. The van der Waals surface area contributed by atoms with Gasteiger partial charge in [0.2, 0.25) is 0 Å². The van der Waals surface area contributed by atoms with Crippen molar-refractivity contribution in [1.29, 1.82) is 0 Å². The van der Waals surface area contributed by atoms with Crippen LogP contribution in [0.15, 0.2) is 48.5 Å². The summed E-state index contributed by atoms with van der Waals surface area (Å²) in [6.45, 7) is 1.81. The molecule has 6 nitrogen and oxygen atoms in total. The van der Waals surface area contributed by atoms with Crippen LogP contribution in [0, 0.1) is 0 Å². The van der Waals surface area contributed by atoms with Crippen LogP contribution in [0.1, 0.15) is 12.5 Å². The molecule has 2 aromatic rings. The molecule has 0 bridgehead atoms. The van der Waals surface area contributed by atoms with Gasteiger partial charge >= 0.3 is 0 Å². The Labute approximate surface area is 140 Å². The molecule has 6 heteroatoms. The molecule has 0 atom stereocenters. The van der Waals surface area contributed by atoms with Gasteiger partial charge in [0.25, 0.3) is 11.8 Å². The molecule has 0 spiro atoms. The standard InChI is InChI=1S/C18H20N2O4/c1-2-13-3-7-15(8-4-13)24-12-18(22)20-14-5-9-16(10-6-14)23-11-17(19)21/h3-10H,2,11-12H2,1H3,(H2,19,21)(H,20,22). The van der Waals surface area contributed by atoms with E-state index in [1.54, 1.807) is 24.3 Å². The van der Waals surface area contributed by atoms with Gasteiger partial charge in [-0.15, -0.1) is 0 Å². The minimum Gasteiger partial charge on any atom is -0.484 e. The van der Waals surface area contributed by atoms with Gasteiger partial charge in [0.1, 0.15) is 11.5 Å². The van der Waals surface area contributed by atoms with E-state index in [-0.39, 0.29) is 19.1 Å². The largest absolute Gasteiger partial charge is 0.484 e. The number of primary amides is 1. The summed E-state index contributed by atoms with van der Waals surface area (Å²) >= 11 is 0. The lowest BCUT2D eigenvalue weighted by Gasteiger charge is -2.09. The minimum absolute atomic E-state index is 0.0780. The molecule has 0 aliphatic carbocycles. The number of benzene rings is 2. The molecule has 0 saturated heterocycles. The molecule has 0 aliphatic heterocycles. The molecular weight excluding hydrogens is 308 g/mol. The van der Waals surface area contributed by atoms with E-state index in [1.807, 2.05) is 24.3 Å². The number of nitrogens with two attached hydrogens (primary N) is 1. The third-order valence-corrected chi connectivity index (χ3v) is 3.22. The normalized spacial score (nSPS) is 10.0.